The van der Waals surface area contributed by atoms with Crippen LogP contribution in [0.25, 0.3) is 0 Å². The molecule has 0 bridgehead atoms. The zero-order valence-electron chi connectivity index (χ0n) is 19.9. The van der Waals surface area contributed by atoms with E-state index in [0.29, 0.717) is 16.2 Å². The van der Waals surface area contributed by atoms with Crippen molar-refractivity contribution in [3.8, 4) is 0 Å². The van der Waals surface area contributed by atoms with Crippen LogP contribution in [0.4, 0.5) is 0 Å². The first kappa shape index (κ1) is 21.2. The fourth-order valence-corrected chi connectivity index (χ4v) is 9.26. The highest BCUT2D eigenvalue weighted by atomic mass is 16.5. The predicted octanol–water partition coefficient (Wildman–Crippen LogP) is 7.73. The SMILES string of the molecule is CCCOC[C@]12CCC(C)(C)C[C@H]1CC[C@@H]1[C@@H]2CC[C@]2(C)C(C(C)C)CC[C@@H]12. The van der Waals surface area contributed by atoms with Crippen LogP contribution in [-0.2, 0) is 4.74 Å². The third-order valence-electron chi connectivity index (χ3n) is 10.5. The summed E-state index contributed by atoms with van der Waals surface area (Å²) in [5, 5.41) is 0. The Morgan fingerprint density at radius 2 is 1.68 bits per heavy atom. The first-order chi connectivity index (χ1) is 13.2. The van der Waals surface area contributed by atoms with Crippen molar-refractivity contribution in [1.29, 1.82) is 0 Å². The first-order valence-corrected chi connectivity index (χ1v) is 12.8. The zero-order chi connectivity index (χ0) is 20.2. The second kappa shape index (κ2) is 7.58. The summed E-state index contributed by atoms with van der Waals surface area (Å²) >= 11 is 0. The van der Waals surface area contributed by atoms with Crippen LogP contribution < -0.4 is 0 Å². The molecule has 0 aromatic heterocycles. The standard InChI is InChI=1S/C27H48O/c1-7-16-28-18-27-15-14-25(4,5)17-20(27)8-9-21-23-11-10-22(19(2)3)26(23,6)13-12-24(21)27/h19-24H,7-18H2,1-6H3/t20-,21+,22?,23+,24+,26-,27-/m1/s1. The molecule has 4 rings (SSSR count). The van der Waals surface area contributed by atoms with Gasteiger partial charge in [-0.2, -0.15) is 0 Å². The highest BCUT2D eigenvalue weighted by Gasteiger charge is 2.62. The molecule has 7 atom stereocenters. The molecule has 0 aromatic carbocycles. The lowest BCUT2D eigenvalue weighted by atomic mass is 9.42. The number of hydrogen-bond donors (Lipinski definition) is 0. The minimum atomic E-state index is 0.505. The monoisotopic (exact) mass is 388 g/mol. The van der Waals surface area contributed by atoms with Gasteiger partial charge in [-0.3, -0.25) is 0 Å². The molecule has 1 unspecified atom stereocenters. The fourth-order valence-electron chi connectivity index (χ4n) is 9.26. The second-order valence-corrected chi connectivity index (χ2v) is 12.8. The molecule has 0 amide bonds. The van der Waals surface area contributed by atoms with E-state index in [4.69, 9.17) is 4.74 Å². The zero-order valence-corrected chi connectivity index (χ0v) is 19.9. The summed E-state index contributed by atoms with van der Waals surface area (Å²) in [6.45, 7) is 17.0. The van der Waals surface area contributed by atoms with Crippen molar-refractivity contribution >= 4 is 0 Å². The molecule has 4 aliphatic carbocycles. The van der Waals surface area contributed by atoms with Crippen LogP contribution >= 0.6 is 0 Å². The van der Waals surface area contributed by atoms with E-state index < -0.39 is 0 Å². The Bertz CT molecular complexity index is 550. The first-order valence-electron chi connectivity index (χ1n) is 12.8. The van der Waals surface area contributed by atoms with Gasteiger partial charge in [0, 0.05) is 6.61 Å². The van der Waals surface area contributed by atoms with Gasteiger partial charge in [-0.05, 0) is 116 Å². The van der Waals surface area contributed by atoms with Crippen molar-refractivity contribution in [3.63, 3.8) is 0 Å². The third kappa shape index (κ3) is 3.30. The Kier molecular flexibility index (Phi) is 5.74. The maximum absolute atomic E-state index is 6.40. The lowest BCUT2D eigenvalue weighted by Crippen LogP contribution is -2.57. The molecule has 0 heterocycles. The summed E-state index contributed by atoms with van der Waals surface area (Å²) in [5.74, 6) is 5.68. The van der Waals surface area contributed by atoms with Crippen LogP contribution in [-0.4, -0.2) is 13.2 Å². The minimum Gasteiger partial charge on any atom is -0.381 e. The minimum absolute atomic E-state index is 0.505. The van der Waals surface area contributed by atoms with Crippen molar-refractivity contribution in [3.05, 3.63) is 0 Å². The fraction of sp³-hybridized carbons (Fsp3) is 1.00. The van der Waals surface area contributed by atoms with E-state index in [1.165, 1.54) is 57.8 Å². The van der Waals surface area contributed by atoms with Crippen molar-refractivity contribution in [2.24, 2.45) is 51.8 Å². The Hall–Kier alpha value is -0.0400. The predicted molar refractivity (Wildman–Crippen MR) is 119 cm³/mol. The van der Waals surface area contributed by atoms with Gasteiger partial charge in [0.25, 0.3) is 0 Å². The number of fused-ring (bicyclic) bond motifs is 5. The molecule has 1 nitrogen and oxygen atoms in total. The van der Waals surface area contributed by atoms with Crippen molar-refractivity contribution in [2.45, 2.75) is 106 Å². The number of rotatable bonds is 5. The summed E-state index contributed by atoms with van der Waals surface area (Å²) in [6, 6.07) is 0. The molecular formula is C27H48O. The smallest absolute Gasteiger partial charge is 0.0527 e. The largest absolute Gasteiger partial charge is 0.381 e. The van der Waals surface area contributed by atoms with Crippen LogP contribution in [0.5, 0.6) is 0 Å². The summed E-state index contributed by atoms with van der Waals surface area (Å²) in [4.78, 5) is 0. The average molecular weight is 389 g/mol. The molecule has 0 saturated heterocycles. The van der Waals surface area contributed by atoms with Gasteiger partial charge in [-0.15, -0.1) is 0 Å². The lowest BCUT2D eigenvalue weighted by Gasteiger charge is -2.63. The molecule has 0 N–H and O–H groups in total. The molecule has 4 fully saturated rings. The van der Waals surface area contributed by atoms with E-state index in [-0.39, 0.29) is 0 Å². The van der Waals surface area contributed by atoms with Crippen LogP contribution in [0.1, 0.15) is 106 Å². The molecule has 0 spiro atoms. The Morgan fingerprint density at radius 3 is 2.39 bits per heavy atom. The Labute approximate surface area is 175 Å². The highest BCUT2D eigenvalue weighted by Crippen LogP contribution is 2.69. The van der Waals surface area contributed by atoms with Gasteiger partial charge in [0.05, 0.1) is 6.61 Å². The van der Waals surface area contributed by atoms with Gasteiger partial charge in [0.1, 0.15) is 0 Å². The lowest BCUT2D eigenvalue weighted by molar-refractivity contribution is -0.165. The van der Waals surface area contributed by atoms with E-state index in [9.17, 15) is 0 Å². The summed E-state index contributed by atoms with van der Waals surface area (Å²) in [6.07, 6.45) is 14.5. The van der Waals surface area contributed by atoms with Gasteiger partial charge < -0.3 is 4.74 Å². The molecule has 28 heavy (non-hydrogen) atoms. The summed E-state index contributed by atoms with van der Waals surface area (Å²) in [7, 11) is 0. The summed E-state index contributed by atoms with van der Waals surface area (Å²) < 4.78 is 6.40. The van der Waals surface area contributed by atoms with E-state index in [1.54, 1.807) is 0 Å². The topological polar surface area (TPSA) is 9.23 Å². The maximum atomic E-state index is 6.40. The van der Waals surface area contributed by atoms with Gasteiger partial charge in [-0.25, -0.2) is 0 Å². The van der Waals surface area contributed by atoms with E-state index in [0.717, 1.165) is 55.1 Å². The van der Waals surface area contributed by atoms with Crippen LogP contribution in [0, 0.1) is 51.8 Å². The van der Waals surface area contributed by atoms with E-state index >= 15 is 0 Å². The molecule has 4 saturated carbocycles. The third-order valence-corrected chi connectivity index (χ3v) is 10.5. The quantitative estimate of drug-likeness (QED) is 0.438. The number of hydrogen-bond acceptors (Lipinski definition) is 1. The molecule has 0 aliphatic heterocycles. The van der Waals surface area contributed by atoms with E-state index in [2.05, 4.69) is 41.5 Å². The van der Waals surface area contributed by atoms with Crippen molar-refractivity contribution in [2.75, 3.05) is 13.2 Å². The van der Waals surface area contributed by atoms with Gasteiger partial charge in [-0.1, -0.05) is 41.5 Å². The molecule has 4 aliphatic rings. The van der Waals surface area contributed by atoms with Crippen LogP contribution in [0.2, 0.25) is 0 Å². The Morgan fingerprint density at radius 1 is 0.893 bits per heavy atom. The Balaban J connectivity index is 1.61. The molecule has 0 radical (unpaired) electrons. The molecule has 1 heteroatoms. The average Bonchev–Trinajstić information content (AvgIpc) is 2.99. The van der Waals surface area contributed by atoms with Crippen LogP contribution in [0.3, 0.4) is 0 Å². The summed E-state index contributed by atoms with van der Waals surface area (Å²) in [5.41, 5.74) is 1.68. The van der Waals surface area contributed by atoms with Crippen molar-refractivity contribution in [1.82, 2.24) is 0 Å². The normalized spacial score (nSPS) is 47.5. The highest BCUT2D eigenvalue weighted by molar-refractivity contribution is 5.11. The molecule has 162 valence electrons. The van der Waals surface area contributed by atoms with Crippen LogP contribution in [0.15, 0.2) is 0 Å². The van der Waals surface area contributed by atoms with Gasteiger partial charge >= 0.3 is 0 Å². The maximum Gasteiger partial charge on any atom is 0.0527 e. The van der Waals surface area contributed by atoms with Crippen molar-refractivity contribution < 1.29 is 4.74 Å². The van der Waals surface area contributed by atoms with Gasteiger partial charge in [0.15, 0.2) is 0 Å². The second-order valence-electron chi connectivity index (χ2n) is 12.8. The number of ether oxygens (including phenoxy) is 1. The molecule has 0 aromatic rings. The van der Waals surface area contributed by atoms with E-state index in [1.807, 2.05) is 0 Å². The molecular weight excluding hydrogens is 340 g/mol. The van der Waals surface area contributed by atoms with Gasteiger partial charge in [0.2, 0.25) is 0 Å².